The molecule has 2 aromatic rings. The van der Waals surface area contributed by atoms with Crippen molar-refractivity contribution in [2.75, 3.05) is 19.7 Å². The maximum atomic E-state index is 13.0. The fourth-order valence-corrected chi connectivity index (χ4v) is 3.34. The van der Waals surface area contributed by atoms with Crippen LogP contribution >= 0.6 is 0 Å². The van der Waals surface area contributed by atoms with Gasteiger partial charge in [-0.25, -0.2) is 4.39 Å². The van der Waals surface area contributed by atoms with E-state index in [1.54, 1.807) is 11.8 Å². The summed E-state index contributed by atoms with van der Waals surface area (Å²) in [6.07, 6.45) is 1.67. The Bertz CT molecular complexity index is 829. The molecule has 1 N–H and O–H groups in total. The smallest absolute Gasteiger partial charge is 0.309 e. The zero-order valence-electron chi connectivity index (χ0n) is 15.8. The van der Waals surface area contributed by atoms with Gasteiger partial charge in [0.1, 0.15) is 18.2 Å². The third-order valence-electron chi connectivity index (χ3n) is 5.12. The summed E-state index contributed by atoms with van der Waals surface area (Å²) in [5.74, 6) is -0.889. The third-order valence-corrected chi connectivity index (χ3v) is 5.12. The van der Waals surface area contributed by atoms with Crippen LogP contribution in [0.4, 0.5) is 4.39 Å². The van der Waals surface area contributed by atoms with Crippen molar-refractivity contribution in [3.63, 3.8) is 0 Å². The second-order valence-corrected chi connectivity index (χ2v) is 7.20. The van der Waals surface area contributed by atoms with Gasteiger partial charge < -0.3 is 14.7 Å². The van der Waals surface area contributed by atoms with Crippen molar-refractivity contribution in [2.45, 2.75) is 25.7 Å². The number of nitrogens with zero attached hydrogens (tertiary/aromatic N) is 1. The van der Waals surface area contributed by atoms with E-state index < -0.39 is 11.9 Å². The number of carboxylic acid groups (broad SMARTS) is 1. The highest BCUT2D eigenvalue weighted by atomic mass is 19.1. The van der Waals surface area contributed by atoms with Crippen molar-refractivity contribution >= 4 is 11.9 Å². The Morgan fingerprint density at radius 2 is 1.86 bits per heavy atom. The minimum Gasteiger partial charge on any atom is -0.493 e. The number of likely N-dealkylation sites (tertiary alicyclic amines) is 1. The highest BCUT2D eigenvalue weighted by molar-refractivity contribution is 5.94. The van der Waals surface area contributed by atoms with E-state index in [1.165, 1.54) is 24.3 Å². The van der Waals surface area contributed by atoms with Gasteiger partial charge in [0.15, 0.2) is 0 Å². The molecule has 1 unspecified atom stereocenters. The zero-order chi connectivity index (χ0) is 20.1. The summed E-state index contributed by atoms with van der Waals surface area (Å²) in [4.78, 5) is 25.3. The van der Waals surface area contributed by atoms with Crippen LogP contribution < -0.4 is 4.74 Å². The lowest BCUT2D eigenvalue weighted by atomic mass is 9.89. The first kappa shape index (κ1) is 19.9. The average Bonchev–Trinajstić information content (AvgIpc) is 2.72. The number of hydrogen-bond donors (Lipinski definition) is 1. The van der Waals surface area contributed by atoms with Crippen LogP contribution in [0.1, 0.15) is 41.6 Å². The molecule has 0 spiro atoms. The number of ether oxygens (including phenoxy) is 1. The Hall–Kier alpha value is -2.89. The summed E-state index contributed by atoms with van der Waals surface area (Å²) in [5.41, 5.74) is 1.64. The lowest BCUT2D eigenvalue weighted by molar-refractivity contribution is -0.142. The Kier molecular flexibility index (Phi) is 6.29. The zero-order valence-corrected chi connectivity index (χ0v) is 15.8. The van der Waals surface area contributed by atoms with E-state index in [0.29, 0.717) is 30.3 Å². The van der Waals surface area contributed by atoms with Crippen LogP contribution in [0.5, 0.6) is 5.75 Å². The largest absolute Gasteiger partial charge is 0.493 e. The highest BCUT2D eigenvalue weighted by Gasteiger charge is 2.25. The minimum atomic E-state index is -0.880. The summed E-state index contributed by atoms with van der Waals surface area (Å²) in [7, 11) is 0. The van der Waals surface area contributed by atoms with Crippen LogP contribution in [-0.4, -0.2) is 41.6 Å². The molecule has 0 aromatic heterocycles. The summed E-state index contributed by atoms with van der Waals surface area (Å²) >= 11 is 0. The summed E-state index contributed by atoms with van der Waals surface area (Å²) in [6, 6.07) is 13.4. The Labute approximate surface area is 163 Å². The van der Waals surface area contributed by atoms with Crippen LogP contribution in [0.3, 0.4) is 0 Å². The maximum absolute atomic E-state index is 13.0. The molecule has 148 valence electrons. The molecule has 1 atom stereocenters. The van der Waals surface area contributed by atoms with Gasteiger partial charge in [-0.05, 0) is 67.6 Å². The number of hydrogen-bond acceptors (Lipinski definition) is 3. The number of rotatable bonds is 6. The number of amides is 1. The van der Waals surface area contributed by atoms with Crippen LogP contribution in [-0.2, 0) is 4.79 Å². The van der Waals surface area contributed by atoms with Crippen molar-refractivity contribution in [3.8, 4) is 5.75 Å². The number of benzene rings is 2. The number of piperidine rings is 1. The van der Waals surface area contributed by atoms with Gasteiger partial charge in [-0.1, -0.05) is 12.1 Å². The van der Waals surface area contributed by atoms with Crippen molar-refractivity contribution in [1.29, 1.82) is 0 Å². The first-order valence-electron chi connectivity index (χ1n) is 9.44. The van der Waals surface area contributed by atoms with Gasteiger partial charge in [-0.3, -0.25) is 9.59 Å². The van der Waals surface area contributed by atoms with E-state index >= 15 is 0 Å². The molecule has 1 heterocycles. The maximum Gasteiger partial charge on any atom is 0.309 e. The van der Waals surface area contributed by atoms with Crippen LogP contribution in [0.2, 0.25) is 0 Å². The van der Waals surface area contributed by atoms with Gasteiger partial charge in [-0.15, -0.1) is 0 Å². The van der Waals surface area contributed by atoms with E-state index in [-0.39, 0.29) is 18.3 Å². The van der Waals surface area contributed by atoms with Gasteiger partial charge in [0.25, 0.3) is 5.91 Å². The van der Waals surface area contributed by atoms with Crippen LogP contribution in [0, 0.1) is 11.7 Å². The number of carbonyl (C=O) groups is 2. The first-order valence-corrected chi connectivity index (χ1v) is 9.44. The number of carbonyl (C=O) groups excluding carboxylic acids is 1. The van der Waals surface area contributed by atoms with E-state index in [4.69, 9.17) is 9.84 Å². The van der Waals surface area contributed by atoms with Crippen molar-refractivity contribution < 1.29 is 23.8 Å². The topological polar surface area (TPSA) is 66.8 Å². The minimum absolute atomic E-state index is 0.0711. The summed E-state index contributed by atoms with van der Waals surface area (Å²) in [5, 5.41) is 8.95. The molecule has 6 heteroatoms. The Balaban J connectivity index is 1.57. The molecule has 0 saturated carbocycles. The predicted molar refractivity (Wildman–Crippen MR) is 103 cm³/mol. The summed E-state index contributed by atoms with van der Waals surface area (Å²) < 4.78 is 18.6. The molecule has 0 aliphatic carbocycles. The lowest BCUT2D eigenvalue weighted by Crippen LogP contribution is -2.37. The van der Waals surface area contributed by atoms with Gasteiger partial charge >= 0.3 is 5.97 Å². The van der Waals surface area contributed by atoms with Gasteiger partial charge in [-0.2, -0.15) is 0 Å². The van der Waals surface area contributed by atoms with Gasteiger partial charge in [0.05, 0.1) is 5.92 Å². The molecule has 0 radical (unpaired) electrons. The SMILES string of the molecule is CC(COc1cccc(C2CCN(C(=O)c3ccc(F)cc3)CC2)c1)C(=O)O. The average molecular weight is 385 g/mol. The van der Waals surface area contributed by atoms with Crippen molar-refractivity contribution in [2.24, 2.45) is 5.92 Å². The second kappa shape index (κ2) is 8.87. The molecule has 28 heavy (non-hydrogen) atoms. The van der Waals surface area contributed by atoms with E-state index in [1.807, 2.05) is 24.3 Å². The summed E-state index contributed by atoms with van der Waals surface area (Å²) in [6.45, 7) is 3.02. The lowest BCUT2D eigenvalue weighted by Gasteiger charge is -2.32. The fraction of sp³-hybridized carbons (Fsp3) is 0.364. The third kappa shape index (κ3) is 4.88. The normalized spacial score (nSPS) is 15.9. The van der Waals surface area contributed by atoms with Crippen LogP contribution in [0.15, 0.2) is 48.5 Å². The van der Waals surface area contributed by atoms with E-state index in [2.05, 4.69) is 0 Å². The molecular formula is C22H24FNO4. The molecule has 0 bridgehead atoms. The highest BCUT2D eigenvalue weighted by Crippen LogP contribution is 2.30. The molecule has 1 saturated heterocycles. The quantitative estimate of drug-likeness (QED) is 0.818. The molecule has 1 fully saturated rings. The molecular weight excluding hydrogens is 361 g/mol. The van der Waals surface area contributed by atoms with Crippen molar-refractivity contribution in [1.82, 2.24) is 4.90 Å². The van der Waals surface area contributed by atoms with E-state index in [9.17, 15) is 14.0 Å². The second-order valence-electron chi connectivity index (χ2n) is 7.20. The van der Waals surface area contributed by atoms with Crippen LogP contribution in [0.25, 0.3) is 0 Å². The molecule has 2 aromatic carbocycles. The van der Waals surface area contributed by atoms with E-state index in [0.717, 1.165) is 18.4 Å². The molecule has 1 amide bonds. The molecule has 3 rings (SSSR count). The number of carboxylic acids is 1. The van der Waals surface area contributed by atoms with Gasteiger partial charge in [0, 0.05) is 18.7 Å². The monoisotopic (exact) mass is 385 g/mol. The predicted octanol–water partition coefficient (Wildman–Crippen LogP) is 3.95. The Morgan fingerprint density at radius 1 is 1.18 bits per heavy atom. The Morgan fingerprint density at radius 3 is 2.50 bits per heavy atom. The van der Waals surface area contributed by atoms with Gasteiger partial charge in [0.2, 0.25) is 0 Å². The molecule has 1 aliphatic rings. The number of halogens is 1. The first-order chi connectivity index (χ1) is 13.4. The number of aliphatic carboxylic acids is 1. The molecule has 5 nitrogen and oxygen atoms in total. The van der Waals surface area contributed by atoms with Crippen molar-refractivity contribution in [3.05, 3.63) is 65.5 Å². The fourth-order valence-electron chi connectivity index (χ4n) is 3.34. The molecule has 1 aliphatic heterocycles. The standard InChI is InChI=1S/C22H24FNO4/c1-15(22(26)27)14-28-20-4-2-3-18(13-20)16-9-11-24(12-10-16)21(25)17-5-7-19(23)8-6-17/h2-8,13,15-16H,9-12,14H2,1H3,(H,26,27).